The maximum Gasteiger partial charge on any atom is 0.131 e. The first kappa shape index (κ1) is 14.6. The van der Waals surface area contributed by atoms with Gasteiger partial charge in [0, 0.05) is 18.8 Å². The summed E-state index contributed by atoms with van der Waals surface area (Å²) in [4.78, 5) is 6.91. The first-order chi connectivity index (χ1) is 10.2. The van der Waals surface area contributed by atoms with Crippen molar-refractivity contribution in [2.75, 3.05) is 6.54 Å². The molecule has 0 saturated carbocycles. The second kappa shape index (κ2) is 6.59. The van der Waals surface area contributed by atoms with E-state index in [1.165, 1.54) is 30.4 Å². The van der Waals surface area contributed by atoms with E-state index in [0.29, 0.717) is 11.2 Å². The molecule has 0 amide bonds. The van der Waals surface area contributed by atoms with Crippen LogP contribution in [0.3, 0.4) is 0 Å². The Morgan fingerprint density at radius 2 is 2.05 bits per heavy atom. The summed E-state index contributed by atoms with van der Waals surface area (Å²) in [6, 6.07) is 13.4. The van der Waals surface area contributed by atoms with Crippen LogP contribution in [-0.4, -0.2) is 16.4 Å². The lowest BCUT2D eigenvalue weighted by Gasteiger charge is -2.36. The molecule has 110 valence electrons. The third kappa shape index (κ3) is 3.45. The zero-order valence-corrected chi connectivity index (χ0v) is 13.2. The Balaban J connectivity index is 1.82. The van der Waals surface area contributed by atoms with Crippen LogP contribution < -0.4 is 0 Å². The quantitative estimate of drug-likeness (QED) is 0.759. The molecule has 0 radical (unpaired) electrons. The average molecular weight is 301 g/mol. The van der Waals surface area contributed by atoms with E-state index < -0.39 is 0 Å². The second-order valence-electron chi connectivity index (χ2n) is 5.84. The van der Waals surface area contributed by atoms with Crippen LogP contribution in [0.4, 0.5) is 0 Å². The minimum absolute atomic E-state index is 0.461. The summed E-state index contributed by atoms with van der Waals surface area (Å²) >= 11 is 6.06. The molecule has 0 aliphatic carbocycles. The molecule has 0 spiro atoms. The van der Waals surface area contributed by atoms with Crippen LogP contribution in [0.1, 0.15) is 42.0 Å². The summed E-state index contributed by atoms with van der Waals surface area (Å²) < 4.78 is 0. The highest BCUT2D eigenvalue weighted by molar-refractivity contribution is 6.30. The van der Waals surface area contributed by atoms with Gasteiger partial charge >= 0.3 is 0 Å². The van der Waals surface area contributed by atoms with Crippen molar-refractivity contribution in [1.29, 1.82) is 0 Å². The van der Waals surface area contributed by atoms with E-state index in [-0.39, 0.29) is 0 Å². The fourth-order valence-corrected chi connectivity index (χ4v) is 3.24. The van der Waals surface area contributed by atoms with Crippen molar-refractivity contribution < 1.29 is 0 Å². The molecule has 0 bridgehead atoms. The number of aryl methyl sites for hydroxylation is 1. The topological polar surface area (TPSA) is 16.1 Å². The van der Waals surface area contributed by atoms with Gasteiger partial charge in [0.25, 0.3) is 0 Å². The van der Waals surface area contributed by atoms with E-state index >= 15 is 0 Å². The smallest absolute Gasteiger partial charge is 0.131 e. The Hall–Kier alpha value is -1.38. The minimum Gasteiger partial charge on any atom is -0.292 e. The van der Waals surface area contributed by atoms with Crippen LogP contribution >= 0.6 is 11.6 Å². The monoisotopic (exact) mass is 300 g/mol. The van der Waals surface area contributed by atoms with Gasteiger partial charge in [-0.3, -0.25) is 4.90 Å². The Morgan fingerprint density at radius 1 is 1.24 bits per heavy atom. The van der Waals surface area contributed by atoms with Gasteiger partial charge in [-0.15, -0.1) is 0 Å². The molecule has 2 nitrogen and oxygen atoms in total. The standard InChI is InChI=1S/C18H21ClN2/c1-14-11-16(12-20-18(14)19)17-9-5-6-10-21(17)13-15-7-3-2-4-8-15/h2-4,7-8,11-12,17H,5-6,9-10,13H2,1H3/t17-/m0/s1. The Kier molecular flexibility index (Phi) is 4.57. The molecule has 1 aliphatic rings. The maximum atomic E-state index is 6.06. The molecule has 3 rings (SSSR count). The summed E-state index contributed by atoms with van der Waals surface area (Å²) in [6.45, 7) is 4.19. The Bertz CT molecular complexity index is 597. The summed E-state index contributed by atoms with van der Waals surface area (Å²) in [6.07, 6.45) is 5.72. The van der Waals surface area contributed by atoms with Gasteiger partial charge < -0.3 is 0 Å². The van der Waals surface area contributed by atoms with Crippen LogP contribution in [0.25, 0.3) is 0 Å². The number of aromatic nitrogens is 1. The molecule has 1 aromatic carbocycles. The second-order valence-corrected chi connectivity index (χ2v) is 6.20. The zero-order chi connectivity index (χ0) is 14.7. The fourth-order valence-electron chi connectivity index (χ4n) is 3.14. The molecular formula is C18H21ClN2. The predicted octanol–water partition coefficient (Wildman–Crippen LogP) is 4.77. The van der Waals surface area contributed by atoms with Gasteiger partial charge in [-0.2, -0.15) is 0 Å². The number of hydrogen-bond acceptors (Lipinski definition) is 2. The average Bonchev–Trinajstić information content (AvgIpc) is 2.52. The lowest BCUT2D eigenvalue weighted by Crippen LogP contribution is -2.33. The summed E-state index contributed by atoms with van der Waals surface area (Å²) in [5.41, 5.74) is 3.75. The normalized spacial score (nSPS) is 19.6. The molecule has 1 aromatic heterocycles. The highest BCUT2D eigenvalue weighted by Gasteiger charge is 2.24. The van der Waals surface area contributed by atoms with E-state index in [4.69, 9.17) is 11.6 Å². The van der Waals surface area contributed by atoms with Crippen LogP contribution in [0.15, 0.2) is 42.6 Å². The third-order valence-electron chi connectivity index (χ3n) is 4.26. The Labute approximate surface area is 131 Å². The van der Waals surface area contributed by atoms with Crippen molar-refractivity contribution >= 4 is 11.6 Å². The van der Waals surface area contributed by atoms with Crippen molar-refractivity contribution in [2.45, 2.75) is 38.8 Å². The van der Waals surface area contributed by atoms with Crippen LogP contribution in [0.5, 0.6) is 0 Å². The van der Waals surface area contributed by atoms with E-state index in [0.717, 1.165) is 18.7 Å². The molecule has 1 atom stereocenters. The number of hydrogen-bond donors (Lipinski definition) is 0. The van der Waals surface area contributed by atoms with Crippen molar-refractivity contribution in [3.05, 3.63) is 64.4 Å². The van der Waals surface area contributed by atoms with E-state index in [1.54, 1.807) is 0 Å². The molecule has 21 heavy (non-hydrogen) atoms. The molecule has 2 heterocycles. The summed E-state index contributed by atoms with van der Waals surface area (Å²) in [7, 11) is 0. The minimum atomic E-state index is 0.461. The van der Waals surface area contributed by atoms with Gasteiger partial charge in [-0.1, -0.05) is 48.4 Å². The molecule has 3 heteroatoms. The number of nitrogens with zero attached hydrogens (tertiary/aromatic N) is 2. The van der Waals surface area contributed by atoms with Crippen LogP contribution in [0.2, 0.25) is 5.15 Å². The van der Waals surface area contributed by atoms with Gasteiger partial charge in [0.1, 0.15) is 5.15 Å². The molecule has 1 fully saturated rings. The first-order valence-corrected chi connectivity index (χ1v) is 8.02. The van der Waals surface area contributed by atoms with Gasteiger partial charge in [0.15, 0.2) is 0 Å². The van der Waals surface area contributed by atoms with Gasteiger partial charge in [0.05, 0.1) is 0 Å². The molecule has 1 saturated heterocycles. The van der Waals surface area contributed by atoms with Gasteiger partial charge in [-0.05, 0) is 49.1 Å². The highest BCUT2D eigenvalue weighted by Crippen LogP contribution is 2.32. The maximum absolute atomic E-state index is 6.06. The fraction of sp³-hybridized carbons (Fsp3) is 0.389. The highest BCUT2D eigenvalue weighted by atomic mass is 35.5. The molecule has 0 N–H and O–H groups in total. The summed E-state index contributed by atoms with van der Waals surface area (Å²) in [5, 5.41) is 0.615. The molecule has 1 aliphatic heterocycles. The van der Waals surface area contributed by atoms with E-state index in [9.17, 15) is 0 Å². The first-order valence-electron chi connectivity index (χ1n) is 7.64. The molecule has 2 aromatic rings. The number of likely N-dealkylation sites (tertiary alicyclic amines) is 1. The number of piperidine rings is 1. The zero-order valence-electron chi connectivity index (χ0n) is 12.4. The molecule has 0 unspecified atom stereocenters. The van der Waals surface area contributed by atoms with Crippen LogP contribution in [0, 0.1) is 6.92 Å². The van der Waals surface area contributed by atoms with E-state index in [2.05, 4.69) is 46.3 Å². The lowest BCUT2D eigenvalue weighted by molar-refractivity contribution is 0.140. The third-order valence-corrected chi connectivity index (χ3v) is 4.66. The number of halogens is 1. The Morgan fingerprint density at radius 3 is 2.81 bits per heavy atom. The lowest BCUT2D eigenvalue weighted by atomic mass is 9.95. The number of rotatable bonds is 3. The van der Waals surface area contributed by atoms with Gasteiger partial charge in [0.2, 0.25) is 0 Å². The van der Waals surface area contributed by atoms with Crippen molar-refractivity contribution in [3.63, 3.8) is 0 Å². The van der Waals surface area contributed by atoms with Crippen molar-refractivity contribution in [1.82, 2.24) is 9.88 Å². The number of pyridine rings is 1. The SMILES string of the molecule is Cc1cc([C@@H]2CCCCN2Cc2ccccc2)cnc1Cl. The van der Waals surface area contributed by atoms with E-state index in [1.807, 2.05) is 13.1 Å². The largest absolute Gasteiger partial charge is 0.292 e. The van der Waals surface area contributed by atoms with Crippen molar-refractivity contribution in [3.8, 4) is 0 Å². The summed E-state index contributed by atoms with van der Waals surface area (Å²) in [5.74, 6) is 0. The van der Waals surface area contributed by atoms with Gasteiger partial charge in [-0.25, -0.2) is 4.98 Å². The molecular weight excluding hydrogens is 280 g/mol. The van der Waals surface area contributed by atoms with Crippen LogP contribution in [-0.2, 0) is 6.54 Å². The predicted molar refractivity (Wildman–Crippen MR) is 87.4 cm³/mol. The van der Waals surface area contributed by atoms with Crippen molar-refractivity contribution in [2.24, 2.45) is 0 Å². The number of benzene rings is 1.